The Kier molecular flexibility index (Phi) is 5.42. The number of rotatable bonds is 4. The lowest BCUT2D eigenvalue weighted by Gasteiger charge is -2.18. The second-order valence-corrected chi connectivity index (χ2v) is 4.98. The second kappa shape index (κ2) is 6.61. The van der Waals surface area contributed by atoms with Crippen molar-refractivity contribution in [3.63, 3.8) is 0 Å². The van der Waals surface area contributed by atoms with E-state index in [1.165, 1.54) is 6.92 Å². The van der Waals surface area contributed by atoms with Crippen LogP contribution in [0.5, 0.6) is 0 Å². The van der Waals surface area contributed by atoms with Gasteiger partial charge in [0.05, 0.1) is 17.7 Å². The number of aliphatic hydroxyl groups excluding tert-OH is 2. The van der Waals surface area contributed by atoms with E-state index in [9.17, 15) is 23.8 Å². The van der Waals surface area contributed by atoms with E-state index < -0.39 is 23.8 Å². The molecule has 0 saturated carbocycles. The highest BCUT2D eigenvalue weighted by Gasteiger charge is 2.23. The fourth-order valence-corrected chi connectivity index (χ4v) is 1.99. The summed E-state index contributed by atoms with van der Waals surface area (Å²) in [5.41, 5.74) is -0.476. The molecule has 0 aliphatic rings. The Bertz CT molecular complexity index is 530. The Labute approximate surface area is 112 Å². The van der Waals surface area contributed by atoms with Gasteiger partial charge in [0.25, 0.3) is 0 Å². The normalized spacial score (nSPS) is 13.7. The summed E-state index contributed by atoms with van der Waals surface area (Å²) >= 11 is 0.784. The van der Waals surface area contributed by atoms with Crippen molar-refractivity contribution in [3.8, 4) is 6.07 Å². The lowest BCUT2D eigenvalue weighted by Crippen LogP contribution is -2.22. The van der Waals surface area contributed by atoms with Crippen LogP contribution >= 0.6 is 11.8 Å². The summed E-state index contributed by atoms with van der Waals surface area (Å²) in [5, 5.41) is 28.0. The molecule has 4 nitrogen and oxygen atoms in total. The minimum absolute atomic E-state index is 0.111. The lowest BCUT2D eigenvalue weighted by molar-refractivity contribution is -0.109. The first kappa shape index (κ1) is 15.6. The van der Waals surface area contributed by atoms with E-state index >= 15 is 0 Å². The molecule has 2 unspecified atom stereocenters. The zero-order chi connectivity index (χ0) is 14.6. The average molecular weight is 287 g/mol. The molecule has 19 heavy (non-hydrogen) atoms. The molecule has 0 fully saturated rings. The Balaban J connectivity index is 2.98. The van der Waals surface area contributed by atoms with E-state index in [-0.39, 0.29) is 22.0 Å². The number of nitrogens with zero attached hydrogens (tertiary/aromatic N) is 1. The highest BCUT2D eigenvalue weighted by Crippen LogP contribution is 2.25. The molecule has 0 aliphatic heterocycles. The van der Waals surface area contributed by atoms with Gasteiger partial charge in [0.15, 0.2) is 16.7 Å². The summed E-state index contributed by atoms with van der Waals surface area (Å²) in [6.45, 7) is 1.29. The standard InChI is InChI=1S/C12H11F2NO3S/c1-6(16)19-5-11(17)12(18)8-3-10(14)9(13)2-7(8)4-15/h2-3,11-12,17-18H,5H2,1H3. The highest BCUT2D eigenvalue weighted by molar-refractivity contribution is 8.13. The monoisotopic (exact) mass is 287 g/mol. The maximum Gasteiger partial charge on any atom is 0.185 e. The SMILES string of the molecule is CC(=O)SCC(O)C(O)c1cc(F)c(F)cc1C#N. The molecule has 1 aromatic carbocycles. The largest absolute Gasteiger partial charge is 0.389 e. The Morgan fingerprint density at radius 2 is 2.00 bits per heavy atom. The molecule has 7 heteroatoms. The zero-order valence-electron chi connectivity index (χ0n) is 9.93. The first-order valence-corrected chi connectivity index (χ1v) is 6.24. The summed E-state index contributed by atoms with van der Waals surface area (Å²) in [6.07, 6.45) is -2.94. The van der Waals surface area contributed by atoms with Crippen LogP contribution in [0.1, 0.15) is 24.2 Å². The number of halogens is 2. The average Bonchev–Trinajstić information content (AvgIpc) is 2.37. The van der Waals surface area contributed by atoms with E-state index in [4.69, 9.17) is 5.26 Å². The quantitative estimate of drug-likeness (QED) is 0.877. The van der Waals surface area contributed by atoms with E-state index in [1.807, 2.05) is 0 Å². The van der Waals surface area contributed by atoms with Crippen LogP contribution in [0.4, 0.5) is 8.78 Å². The highest BCUT2D eigenvalue weighted by atomic mass is 32.2. The molecule has 0 aromatic heterocycles. The minimum atomic E-state index is -1.57. The predicted molar refractivity (Wildman–Crippen MR) is 65.2 cm³/mol. The van der Waals surface area contributed by atoms with Crippen LogP contribution in [0, 0.1) is 23.0 Å². The van der Waals surface area contributed by atoms with Gasteiger partial charge in [-0.3, -0.25) is 4.79 Å². The fraction of sp³-hybridized carbons (Fsp3) is 0.333. The van der Waals surface area contributed by atoms with Gasteiger partial charge < -0.3 is 10.2 Å². The molecule has 1 rings (SSSR count). The fourth-order valence-electron chi connectivity index (χ4n) is 1.40. The summed E-state index contributed by atoms with van der Waals surface area (Å²) in [7, 11) is 0. The molecule has 0 saturated heterocycles. The summed E-state index contributed by atoms with van der Waals surface area (Å²) < 4.78 is 26.0. The third kappa shape index (κ3) is 3.99. The van der Waals surface area contributed by atoms with Crippen molar-refractivity contribution in [1.82, 2.24) is 0 Å². The van der Waals surface area contributed by atoms with Crippen LogP contribution in [0.25, 0.3) is 0 Å². The number of nitriles is 1. The van der Waals surface area contributed by atoms with E-state index in [1.54, 1.807) is 6.07 Å². The number of carbonyl (C=O) groups is 1. The van der Waals surface area contributed by atoms with Gasteiger partial charge in [0.1, 0.15) is 6.10 Å². The van der Waals surface area contributed by atoms with Crippen molar-refractivity contribution >= 4 is 16.9 Å². The lowest BCUT2D eigenvalue weighted by atomic mass is 9.99. The van der Waals surface area contributed by atoms with Gasteiger partial charge in [-0.1, -0.05) is 11.8 Å². The first-order chi connectivity index (χ1) is 8.86. The number of aliphatic hydroxyl groups is 2. The van der Waals surface area contributed by atoms with Crippen molar-refractivity contribution in [2.24, 2.45) is 0 Å². The minimum Gasteiger partial charge on any atom is -0.389 e. The molecule has 1 aromatic rings. The van der Waals surface area contributed by atoms with Gasteiger partial charge in [-0.25, -0.2) is 8.78 Å². The zero-order valence-corrected chi connectivity index (χ0v) is 10.7. The smallest absolute Gasteiger partial charge is 0.185 e. The molecule has 0 amide bonds. The Morgan fingerprint density at radius 3 is 2.53 bits per heavy atom. The molecule has 0 spiro atoms. The van der Waals surface area contributed by atoms with Crippen molar-refractivity contribution in [2.45, 2.75) is 19.1 Å². The van der Waals surface area contributed by atoms with Gasteiger partial charge in [0, 0.05) is 18.2 Å². The van der Waals surface area contributed by atoms with E-state index in [0.29, 0.717) is 12.1 Å². The van der Waals surface area contributed by atoms with Gasteiger partial charge >= 0.3 is 0 Å². The Morgan fingerprint density at radius 1 is 1.42 bits per heavy atom. The summed E-state index contributed by atoms with van der Waals surface area (Å²) in [5.74, 6) is -2.54. The van der Waals surface area contributed by atoms with Crippen LogP contribution in [-0.4, -0.2) is 27.2 Å². The topological polar surface area (TPSA) is 81.3 Å². The maximum absolute atomic E-state index is 13.1. The molecule has 0 radical (unpaired) electrons. The van der Waals surface area contributed by atoms with Crippen molar-refractivity contribution in [1.29, 1.82) is 5.26 Å². The maximum atomic E-state index is 13.1. The second-order valence-electron chi connectivity index (χ2n) is 3.78. The molecule has 0 heterocycles. The molecular formula is C12H11F2NO3S. The number of carbonyl (C=O) groups excluding carboxylic acids is 1. The van der Waals surface area contributed by atoms with Gasteiger partial charge in [-0.15, -0.1) is 0 Å². The van der Waals surface area contributed by atoms with Crippen molar-refractivity contribution < 1.29 is 23.8 Å². The number of hydrogen-bond acceptors (Lipinski definition) is 5. The van der Waals surface area contributed by atoms with Crippen molar-refractivity contribution in [3.05, 3.63) is 34.9 Å². The van der Waals surface area contributed by atoms with E-state index in [2.05, 4.69) is 0 Å². The number of thioether (sulfide) groups is 1. The first-order valence-electron chi connectivity index (χ1n) is 5.25. The van der Waals surface area contributed by atoms with Crippen LogP contribution in [0.15, 0.2) is 12.1 Å². The number of benzene rings is 1. The van der Waals surface area contributed by atoms with Crippen molar-refractivity contribution in [2.75, 3.05) is 5.75 Å². The molecule has 0 bridgehead atoms. The Hall–Kier alpha value is -1.49. The molecule has 2 N–H and O–H groups in total. The predicted octanol–water partition coefficient (Wildman–Crippen LogP) is 1.51. The summed E-state index contributed by atoms with van der Waals surface area (Å²) in [6, 6.07) is 2.93. The van der Waals surface area contributed by atoms with Crippen LogP contribution in [-0.2, 0) is 4.79 Å². The molecular weight excluding hydrogens is 276 g/mol. The third-order valence-corrected chi connectivity index (χ3v) is 3.27. The van der Waals surface area contributed by atoms with Gasteiger partial charge in [0.2, 0.25) is 0 Å². The molecule has 0 aliphatic carbocycles. The molecule has 2 atom stereocenters. The molecule has 102 valence electrons. The third-order valence-electron chi connectivity index (χ3n) is 2.35. The summed E-state index contributed by atoms with van der Waals surface area (Å²) in [4.78, 5) is 10.7. The van der Waals surface area contributed by atoms with Crippen LogP contribution in [0.2, 0.25) is 0 Å². The van der Waals surface area contributed by atoms with Crippen LogP contribution in [0.3, 0.4) is 0 Å². The van der Waals surface area contributed by atoms with E-state index in [0.717, 1.165) is 11.8 Å². The van der Waals surface area contributed by atoms with Crippen LogP contribution < -0.4 is 0 Å². The van der Waals surface area contributed by atoms with Gasteiger partial charge in [-0.05, 0) is 12.1 Å². The van der Waals surface area contributed by atoms with Gasteiger partial charge in [-0.2, -0.15) is 5.26 Å². The number of hydrogen-bond donors (Lipinski definition) is 2.